The van der Waals surface area contributed by atoms with Gasteiger partial charge in [-0.15, -0.1) is 0 Å². The van der Waals surface area contributed by atoms with E-state index in [1.165, 1.54) is 7.11 Å². The van der Waals surface area contributed by atoms with Gasteiger partial charge in [0.1, 0.15) is 0 Å². The highest BCUT2D eigenvalue weighted by Gasteiger charge is 2.33. The number of urea groups is 1. The second kappa shape index (κ2) is 8.09. The van der Waals surface area contributed by atoms with Gasteiger partial charge >= 0.3 is 6.03 Å². The molecular formula is C18H24N4O4. The van der Waals surface area contributed by atoms with E-state index in [4.69, 9.17) is 9.47 Å². The highest BCUT2D eigenvalue weighted by molar-refractivity contribution is 5.89. The molecule has 26 heavy (non-hydrogen) atoms. The summed E-state index contributed by atoms with van der Waals surface area (Å²) in [5, 5.41) is 16.8. The molecule has 140 valence electrons. The lowest BCUT2D eigenvalue weighted by Gasteiger charge is -2.23. The third-order valence-corrected chi connectivity index (χ3v) is 4.25. The molecule has 0 aliphatic heterocycles. The number of phenolic OH excluding ortho intramolecular Hbond substituents is 1. The van der Waals surface area contributed by atoms with Crippen LogP contribution >= 0.6 is 0 Å². The number of nitrogens with zero attached hydrogens (tertiary/aromatic N) is 3. The third kappa shape index (κ3) is 4.45. The number of amides is 2. The monoisotopic (exact) mass is 360 g/mol. The lowest BCUT2D eigenvalue weighted by Crippen LogP contribution is -2.36. The van der Waals surface area contributed by atoms with Crippen LogP contribution in [0.1, 0.15) is 18.4 Å². The van der Waals surface area contributed by atoms with E-state index in [0.717, 1.165) is 18.4 Å². The van der Waals surface area contributed by atoms with Crippen LogP contribution in [0.3, 0.4) is 0 Å². The fourth-order valence-corrected chi connectivity index (χ4v) is 2.70. The first kappa shape index (κ1) is 18.1. The second-order valence-electron chi connectivity index (χ2n) is 6.28. The van der Waals surface area contributed by atoms with Gasteiger partial charge in [0, 0.05) is 25.9 Å². The topological polar surface area (TPSA) is 88.9 Å². The number of hydrogen-bond acceptors (Lipinski definition) is 5. The van der Waals surface area contributed by atoms with Crippen LogP contribution in [0, 0.1) is 0 Å². The van der Waals surface area contributed by atoms with E-state index in [2.05, 4.69) is 10.4 Å². The highest BCUT2D eigenvalue weighted by atomic mass is 16.5. The first-order valence-electron chi connectivity index (χ1n) is 8.55. The van der Waals surface area contributed by atoms with Crippen molar-refractivity contribution in [2.45, 2.75) is 32.0 Å². The molecule has 8 heteroatoms. The number of carbonyl (C=O) groups is 1. The summed E-state index contributed by atoms with van der Waals surface area (Å²) in [6.07, 6.45) is 5.40. The fourth-order valence-electron chi connectivity index (χ4n) is 2.70. The zero-order valence-corrected chi connectivity index (χ0v) is 15.0. The Balaban J connectivity index is 1.66. The Hall–Kier alpha value is -2.74. The molecule has 0 radical (unpaired) electrons. The van der Waals surface area contributed by atoms with E-state index in [1.807, 2.05) is 0 Å². The molecule has 1 aromatic carbocycles. The average Bonchev–Trinajstić information content (AvgIpc) is 3.38. The summed E-state index contributed by atoms with van der Waals surface area (Å²) in [5.41, 5.74) is 1.55. The van der Waals surface area contributed by atoms with Crippen LogP contribution < -0.4 is 10.1 Å². The molecule has 0 saturated heterocycles. The van der Waals surface area contributed by atoms with E-state index in [0.29, 0.717) is 31.1 Å². The second-order valence-corrected chi connectivity index (χ2v) is 6.28. The standard InChI is InChI=1S/C18H24N4O4/c1-25-8-7-21-12-14(10-19-21)20-18(24)22(15-4-5-15)11-13-3-6-16(23)17(9-13)26-2/h3,6,9-10,12,15,23H,4-5,7-8,11H2,1-2H3,(H,20,24). The van der Waals surface area contributed by atoms with Crippen LogP contribution in [0.4, 0.5) is 10.5 Å². The zero-order valence-electron chi connectivity index (χ0n) is 15.0. The number of aromatic hydroxyl groups is 1. The van der Waals surface area contributed by atoms with Crippen LogP contribution in [0.2, 0.25) is 0 Å². The molecule has 0 spiro atoms. The van der Waals surface area contributed by atoms with E-state index in [1.54, 1.807) is 47.3 Å². The summed E-state index contributed by atoms with van der Waals surface area (Å²) < 4.78 is 11.9. The Morgan fingerprint density at radius 3 is 2.92 bits per heavy atom. The minimum atomic E-state index is -0.161. The van der Waals surface area contributed by atoms with Crippen LogP contribution in [0.5, 0.6) is 11.5 Å². The number of rotatable bonds is 8. The summed E-state index contributed by atoms with van der Waals surface area (Å²) in [6.45, 7) is 1.64. The Morgan fingerprint density at radius 2 is 2.23 bits per heavy atom. The van der Waals surface area contributed by atoms with Crippen LogP contribution in [-0.2, 0) is 17.8 Å². The molecular weight excluding hydrogens is 336 g/mol. The lowest BCUT2D eigenvalue weighted by molar-refractivity contribution is 0.183. The van der Waals surface area contributed by atoms with Gasteiger partial charge in [-0.25, -0.2) is 4.79 Å². The summed E-state index contributed by atoms with van der Waals surface area (Å²) in [7, 11) is 3.14. The Bertz CT molecular complexity index is 757. The van der Waals surface area contributed by atoms with Crippen molar-refractivity contribution in [2.24, 2.45) is 0 Å². The van der Waals surface area contributed by atoms with E-state index < -0.39 is 0 Å². The number of phenols is 1. The van der Waals surface area contributed by atoms with E-state index in [9.17, 15) is 9.90 Å². The molecule has 1 aromatic heterocycles. The molecule has 2 aromatic rings. The van der Waals surface area contributed by atoms with Crippen molar-refractivity contribution >= 4 is 11.7 Å². The molecule has 0 bridgehead atoms. The molecule has 2 amide bonds. The number of hydrogen-bond donors (Lipinski definition) is 2. The third-order valence-electron chi connectivity index (χ3n) is 4.25. The fraction of sp³-hybridized carbons (Fsp3) is 0.444. The molecule has 0 unspecified atom stereocenters. The van der Waals surface area contributed by atoms with Crippen molar-refractivity contribution in [3.63, 3.8) is 0 Å². The first-order chi connectivity index (χ1) is 12.6. The Labute approximate surface area is 152 Å². The first-order valence-corrected chi connectivity index (χ1v) is 8.55. The van der Waals surface area contributed by atoms with Crippen molar-refractivity contribution < 1.29 is 19.4 Å². The maximum absolute atomic E-state index is 12.7. The van der Waals surface area contributed by atoms with Crippen LogP contribution in [0.25, 0.3) is 0 Å². The van der Waals surface area contributed by atoms with Crippen LogP contribution in [-0.4, -0.2) is 52.7 Å². The zero-order chi connectivity index (χ0) is 18.5. The average molecular weight is 360 g/mol. The maximum atomic E-state index is 12.7. The summed E-state index contributed by atoms with van der Waals surface area (Å²) in [4.78, 5) is 14.5. The van der Waals surface area contributed by atoms with Crippen molar-refractivity contribution in [1.82, 2.24) is 14.7 Å². The number of anilines is 1. The van der Waals surface area contributed by atoms with Crippen molar-refractivity contribution in [3.8, 4) is 11.5 Å². The van der Waals surface area contributed by atoms with Crippen molar-refractivity contribution in [1.29, 1.82) is 0 Å². The largest absolute Gasteiger partial charge is 0.504 e. The quantitative estimate of drug-likeness (QED) is 0.755. The van der Waals surface area contributed by atoms with Gasteiger partial charge in [0.2, 0.25) is 0 Å². The Kier molecular flexibility index (Phi) is 5.62. The Morgan fingerprint density at radius 1 is 1.42 bits per heavy atom. The number of ether oxygens (including phenoxy) is 2. The molecule has 3 rings (SSSR count). The molecule has 1 fully saturated rings. The minimum Gasteiger partial charge on any atom is -0.504 e. The SMILES string of the molecule is COCCn1cc(NC(=O)N(Cc2ccc(O)c(OC)c2)C2CC2)cn1. The molecule has 2 N–H and O–H groups in total. The predicted molar refractivity (Wildman–Crippen MR) is 96.3 cm³/mol. The smallest absolute Gasteiger partial charge is 0.322 e. The van der Waals surface area contributed by atoms with Crippen molar-refractivity contribution in [2.75, 3.05) is 26.1 Å². The molecule has 1 aliphatic carbocycles. The summed E-state index contributed by atoms with van der Waals surface area (Å²) >= 11 is 0. The number of methoxy groups -OCH3 is 2. The number of benzene rings is 1. The maximum Gasteiger partial charge on any atom is 0.322 e. The highest BCUT2D eigenvalue weighted by Crippen LogP contribution is 2.31. The summed E-state index contributed by atoms with van der Waals surface area (Å²) in [6, 6.07) is 5.20. The van der Waals surface area contributed by atoms with E-state index >= 15 is 0 Å². The number of aromatic nitrogens is 2. The van der Waals surface area contributed by atoms with Crippen LogP contribution in [0.15, 0.2) is 30.6 Å². The summed E-state index contributed by atoms with van der Waals surface area (Å²) in [5.74, 6) is 0.486. The molecule has 1 aliphatic rings. The molecule has 8 nitrogen and oxygen atoms in total. The predicted octanol–water partition coefficient (Wildman–Crippen LogP) is 2.44. The number of nitrogens with one attached hydrogen (secondary N) is 1. The molecule has 1 saturated carbocycles. The van der Waals surface area contributed by atoms with Crippen molar-refractivity contribution in [3.05, 3.63) is 36.2 Å². The van der Waals surface area contributed by atoms with Gasteiger partial charge in [-0.2, -0.15) is 5.10 Å². The van der Waals surface area contributed by atoms with Gasteiger partial charge in [-0.3, -0.25) is 4.68 Å². The van der Waals surface area contributed by atoms with Gasteiger partial charge in [0.25, 0.3) is 0 Å². The lowest BCUT2D eigenvalue weighted by atomic mass is 10.2. The normalized spacial score (nSPS) is 13.5. The van der Waals surface area contributed by atoms with Gasteiger partial charge in [0.15, 0.2) is 11.5 Å². The van der Waals surface area contributed by atoms with Gasteiger partial charge in [-0.1, -0.05) is 6.07 Å². The number of carbonyl (C=O) groups excluding carboxylic acids is 1. The molecule has 1 heterocycles. The minimum absolute atomic E-state index is 0.0853. The van der Waals surface area contributed by atoms with Gasteiger partial charge in [-0.05, 0) is 30.5 Å². The molecule has 0 atom stereocenters. The van der Waals surface area contributed by atoms with Gasteiger partial charge in [0.05, 0.1) is 32.1 Å². The van der Waals surface area contributed by atoms with Gasteiger partial charge < -0.3 is 24.8 Å². The van der Waals surface area contributed by atoms with E-state index in [-0.39, 0.29) is 17.8 Å².